The first-order chi connectivity index (χ1) is 16.3. The zero-order valence-electron chi connectivity index (χ0n) is 19.3. The van der Waals surface area contributed by atoms with Gasteiger partial charge in [-0.15, -0.1) is 0 Å². The quantitative estimate of drug-likeness (QED) is 0.278. The van der Waals surface area contributed by atoms with Crippen molar-refractivity contribution >= 4 is 55.0 Å². The summed E-state index contributed by atoms with van der Waals surface area (Å²) in [6, 6.07) is 7.41. The number of anilines is 4. The van der Waals surface area contributed by atoms with Crippen LogP contribution in [-0.2, 0) is 14.8 Å². The number of aromatic nitrogens is 2. The van der Waals surface area contributed by atoms with Crippen molar-refractivity contribution in [3.8, 4) is 0 Å². The standard InChI is InChI=1S/C22H32BrN7O3S/c1-2-13-34(32,33)26-10-6-9-24-21-19(23)15-25-22(29-21)28-18-8-5-7-17(14-18)27-20(31)16-30-11-3-4-12-30/h5,7-8,14-15,26H,2-4,6,9-13,16H2,1H3,(H,27,31)(H2,24,25,28,29). The number of benzene rings is 1. The van der Waals surface area contributed by atoms with E-state index in [0.717, 1.165) is 31.6 Å². The molecule has 1 aliphatic rings. The molecule has 0 spiro atoms. The second-order valence-corrected chi connectivity index (χ2v) is 10.9. The lowest BCUT2D eigenvalue weighted by Gasteiger charge is -2.14. The molecule has 1 amide bonds. The highest BCUT2D eigenvalue weighted by molar-refractivity contribution is 9.10. The minimum Gasteiger partial charge on any atom is -0.369 e. The van der Waals surface area contributed by atoms with E-state index in [0.29, 0.717) is 54.4 Å². The Kier molecular flexibility index (Phi) is 10.1. The molecule has 3 rings (SSSR count). The number of nitrogens with zero attached hydrogens (tertiary/aromatic N) is 3. The topological polar surface area (TPSA) is 128 Å². The van der Waals surface area contributed by atoms with Gasteiger partial charge in [-0.1, -0.05) is 13.0 Å². The third-order valence-electron chi connectivity index (χ3n) is 5.15. The minimum atomic E-state index is -3.19. The number of amides is 1. The second kappa shape index (κ2) is 13.0. The van der Waals surface area contributed by atoms with Gasteiger partial charge in [-0.2, -0.15) is 4.98 Å². The molecule has 12 heteroatoms. The maximum atomic E-state index is 12.3. The number of carbonyl (C=O) groups is 1. The smallest absolute Gasteiger partial charge is 0.238 e. The monoisotopic (exact) mass is 553 g/mol. The van der Waals surface area contributed by atoms with E-state index in [4.69, 9.17) is 0 Å². The van der Waals surface area contributed by atoms with Gasteiger partial charge in [0.2, 0.25) is 21.9 Å². The highest BCUT2D eigenvalue weighted by Crippen LogP contribution is 2.23. The molecule has 0 aliphatic carbocycles. The molecular weight excluding hydrogens is 522 g/mol. The van der Waals surface area contributed by atoms with E-state index in [1.807, 2.05) is 31.2 Å². The lowest BCUT2D eigenvalue weighted by Crippen LogP contribution is -2.30. The molecule has 2 heterocycles. The van der Waals surface area contributed by atoms with Crippen LogP contribution in [0.25, 0.3) is 0 Å². The van der Waals surface area contributed by atoms with Gasteiger partial charge in [-0.25, -0.2) is 18.1 Å². The first-order valence-electron chi connectivity index (χ1n) is 11.5. The van der Waals surface area contributed by atoms with Gasteiger partial charge < -0.3 is 16.0 Å². The lowest BCUT2D eigenvalue weighted by molar-refractivity contribution is -0.117. The average Bonchev–Trinajstić information content (AvgIpc) is 3.28. The van der Waals surface area contributed by atoms with Crippen molar-refractivity contribution in [3.05, 3.63) is 34.9 Å². The third kappa shape index (κ3) is 8.82. The van der Waals surface area contributed by atoms with Gasteiger partial charge in [0.15, 0.2) is 0 Å². The normalized spacial score (nSPS) is 14.2. The number of sulfonamides is 1. The van der Waals surface area contributed by atoms with Crippen molar-refractivity contribution in [2.45, 2.75) is 32.6 Å². The maximum Gasteiger partial charge on any atom is 0.238 e. The fourth-order valence-corrected chi connectivity index (χ4v) is 5.03. The number of likely N-dealkylation sites (tertiary alicyclic amines) is 1. The van der Waals surface area contributed by atoms with E-state index in [-0.39, 0.29) is 11.7 Å². The molecule has 0 saturated carbocycles. The van der Waals surface area contributed by atoms with Crippen LogP contribution in [0.4, 0.5) is 23.1 Å². The van der Waals surface area contributed by atoms with E-state index in [1.165, 1.54) is 0 Å². The van der Waals surface area contributed by atoms with Crippen molar-refractivity contribution < 1.29 is 13.2 Å². The van der Waals surface area contributed by atoms with Gasteiger partial charge in [-0.05, 0) is 72.9 Å². The van der Waals surface area contributed by atoms with Crippen molar-refractivity contribution in [1.29, 1.82) is 0 Å². The Morgan fingerprint density at radius 2 is 1.94 bits per heavy atom. The Morgan fingerprint density at radius 1 is 1.18 bits per heavy atom. The Hall–Kier alpha value is -2.28. The molecule has 4 N–H and O–H groups in total. The largest absolute Gasteiger partial charge is 0.369 e. The van der Waals surface area contributed by atoms with E-state index in [1.54, 1.807) is 6.20 Å². The Balaban J connectivity index is 1.51. The summed E-state index contributed by atoms with van der Waals surface area (Å²) < 4.78 is 26.7. The fraction of sp³-hybridized carbons (Fsp3) is 0.500. The molecule has 1 saturated heterocycles. The maximum absolute atomic E-state index is 12.3. The predicted octanol–water partition coefficient (Wildman–Crippen LogP) is 3.15. The van der Waals surface area contributed by atoms with E-state index in [2.05, 4.69) is 51.5 Å². The molecule has 1 aromatic carbocycles. The number of nitrogens with one attached hydrogen (secondary N) is 4. The first-order valence-corrected chi connectivity index (χ1v) is 13.9. The molecule has 0 bridgehead atoms. The summed E-state index contributed by atoms with van der Waals surface area (Å²) in [5.74, 6) is 1.11. The van der Waals surface area contributed by atoms with Crippen LogP contribution in [0.5, 0.6) is 0 Å². The molecule has 34 heavy (non-hydrogen) atoms. The van der Waals surface area contributed by atoms with Gasteiger partial charge in [0.25, 0.3) is 0 Å². The lowest BCUT2D eigenvalue weighted by atomic mass is 10.2. The Bertz CT molecular complexity index is 1060. The van der Waals surface area contributed by atoms with Crippen LogP contribution in [-0.4, -0.2) is 67.7 Å². The number of rotatable bonds is 13. The minimum absolute atomic E-state index is 0.0255. The van der Waals surface area contributed by atoms with Crippen molar-refractivity contribution in [1.82, 2.24) is 19.6 Å². The van der Waals surface area contributed by atoms with Crippen LogP contribution in [0.3, 0.4) is 0 Å². The summed E-state index contributed by atoms with van der Waals surface area (Å²) in [5, 5.41) is 9.30. The molecule has 0 unspecified atom stereocenters. The summed E-state index contributed by atoms with van der Waals surface area (Å²) in [7, 11) is -3.19. The number of halogens is 1. The van der Waals surface area contributed by atoms with Gasteiger partial charge in [0.05, 0.1) is 16.8 Å². The van der Waals surface area contributed by atoms with Crippen LogP contribution in [0.2, 0.25) is 0 Å². The molecular formula is C22H32BrN7O3S. The van der Waals surface area contributed by atoms with Gasteiger partial charge >= 0.3 is 0 Å². The summed E-state index contributed by atoms with van der Waals surface area (Å²) in [4.78, 5) is 23.2. The first kappa shape index (κ1) is 26.3. The number of hydrogen-bond donors (Lipinski definition) is 4. The molecule has 1 fully saturated rings. The summed E-state index contributed by atoms with van der Waals surface area (Å²) >= 11 is 3.43. The number of carbonyl (C=O) groups excluding carboxylic acids is 1. The van der Waals surface area contributed by atoms with Crippen LogP contribution >= 0.6 is 15.9 Å². The average molecular weight is 555 g/mol. The SMILES string of the molecule is CCCS(=O)(=O)NCCCNc1nc(Nc2cccc(NC(=O)CN3CCCC3)c2)ncc1Br. The molecule has 2 aromatic rings. The zero-order valence-corrected chi connectivity index (χ0v) is 21.7. The summed E-state index contributed by atoms with van der Waals surface area (Å²) in [6.45, 7) is 5.09. The van der Waals surface area contributed by atoms with E-state index in [9.17, 15) is 13.2 Å². The van der Waals surface area contributed by atoms with Gasteiger partial charge in [0, 0.05) is 30.7 Å². The third-order valence-corrected chi connectivity index (χ3v) is 7.32. The molecule has 186 valence electrons. The van der Waals surface area contributed by atoms with Crippen LogP contribution < -0.4 is 20.7 Å². The van der Waals surface area contributed by atoms with E-state index >= 15 is 0 Å². The molecule has 0 atom stereocenters. The fourth-order valence-electron chi connectivity index (χ4n) is 3.56. The molecule has 1 aliphatic heterocycles. The molecule has 1 aromatic heterocycles. The van der Waals surface area contributed by atoms with Crippen LogP contribution in [0.1, 0.15) is 32.6 Å². The zero-order chi connectivity index (χ0) is 24.4. The highest BCUT2D eigenvalue weighted by Gasteiger charge is 2.15. The van der Waals surface area contributed by atoms with Crippen LogP contribution in [0, 0.1) is 0 Å². The van der Waals surface area contributed by atoms with Crippen LogP contribution in [0.15, 0.2) is 34.9 Å². The summed E-state index contributed by atoms with van der Waals surface area (Å²) in [5.41, 5.74) is 1.45. The number of hydrogen-bond acceptors (Lipinski definition) is 8. The highest BCUT2D eigenvalue weighted by atomic mass is 79.9. The summed E-state index contributed by atoms with van der Waals surface area (Å²) in [6.07, 6.45) is 5.14. The predicted molar refractivity (Wildman–Crippen MR) is 139 cm³/mol. The Labute approximate surface area is 209 Å². The molecule has 10 nitrogen and oxygen atoms in total. The van der Waals surface area contributed by atoms with Crippen molar-refractivity contribution in [3.63, 3.8) is 0 Å². The van der Waals surface area contributed by atoms with Crippen molar-refractivity contribution in [2.24, 2.45) is 0 Å². The van der Waals surface area contributed by atoms with Crippen molar-refractivity contribution in [2.75, 3.05) is 54.4 Å². The second-order valence-electron chi connectivity index (χ2n) is 8.12. The van der Waals surface area contributed by atoms with Gasteiger partial charge in [-0.3, -0.25) is 9.69 Å². The van der Waals surface area contributed by atoms with Gasteiger partial charge in [0.1, 0.15) is 5.82 Å². The molecule has 0 radical (unpaired) electrons. The van der Waals surface area contributed by atoms with E-state index < -0.39 is 10.0 Å². The Morgan fingerprint density at radius 3 is 2.71 bits per heavy atom.